The van der Waals surface area contributed by atoms with Gasteiger partial charge in [-0.25, -0.2) is 4.79 Å². The van der Waals surface area contributed by atoms with Crippen LogP contribution in [0.1, 0.15) is 57.1 Å². The Labute approximate surface area is 182 Å². The molecule has 31 heavy (non-hydrogen) atoms. The van der Waals surface area contributed by atoms with Gasteiger partial charge in [-0.1, -0.05) is 19.3 Å². The molecule has 0 aromatic heterocycles. The van der Waals surface area contributed by atoms with E-state index >= 15 is 0 Å². The third-order valence-corrected chi connectivity index (χ3v) is 6.64. The lowest BCUT2D eigenvalue weighted by atomic mass is 9.81. The van der Waals surface area contributed by atoms with E-state index in [9.17, 15) is 14.4 Å². The molecule has 2 heterocycles. The first-order valence-electron chi connectivity index (χ1n) is 11.2. The van der Waals surface area contributed by atoms with E-state index in [1.807, 2.05) is 26.0 Å². The number of urea groups is 1. The number of benzene rings is 1. The van der Waals surface area contributed by atoms with Crippen molar-refractivity contribution in [2.75, 3.05) is 20.2 Å². The number of hydrogen-bond donors (Lipinski definition) is 1. The topological polar surface area (TPSA) is 88.2 Å². The normalized spacial score (nSPS) is 22.0. The molecule has 4 amide bonds. The maximum absolute atomic E-state index is 13.1. The minimum atomic E-state index is -0.772. The average molecular weight is 430 g/mol. The Bertz CT molecular complexity index is 893. The summed E-state index contributed by atoms with van der Waals surface area (Å²) in [5.41, 5.74) is 1.13. The zero-order valence-electron chi connectivity index (χ0n) is 18.5. The summed E-state index contributed by atoms with van der Waals surface area (Å²) < 4.78 is 11.6. The molecule has 1 aromatic rings. The van der Waals surface area contributed by atoms with E-state index in [0.717, 1.165) is 47.5 Å². The number of nitrogens with zero attached hydrogens (tertiary/aromatic N) is 2. The van der Waals surface area contributed by atoms with E-state index in [1.54, 1.807) is 7.05 Å². The third kappa shape index (κ3) is 3.83. The highest BCUT2D eigenvalue weighted by molar-refractivity contribution is 6.08. The highest BCUT2D eigenvalue weighted by Crippen LogP contribution is 2.39. The van der Waals surface area contributed by atoms with Gasteiger partial charge in [0, 0.05) is 31.1 Å². The molecule has 1 atom stereocenters. The quantitative estimate of drug-likeness (QED) is 0.703. The second-order valence-corrected chi connectivity index (χ2v) is 8.74. The smallest absolute Gasteiger partial charge is 0.327 e. The lowest BCUT2D eigenvalue weighted by molar-refractivity contribution is -0.137. The zero-order chi connectivity index (χ0) is 22.2. The van der Waals surface area contributed by atoms with Crippen LogP contribution in [0.2, 0.25) is 0 Å². The van der Waals surface area contributed by atoms with Crippen LogP contribution in [0.15, 0.2) is 12.1 Å². The molecule has 1 unspecified atom stereocenters. The summed E-state index contributed by atoms with van der Waals surface area (Å²) in [5, 5.41) is 2.84. The summed E-state index contributed by atoms with van der Waals surface area (Å²) >= 11 is 0. The fourth-order valence-electron chi connectivity index (χ4n) is 4.97. The van der Waals surface area contributed by atoms with Gasteiger partial charge >= 0.3 is 6.03 Å². The van der Waals surface area contributed by atoms with Gasteiger partial charge in [0.1, 0.15) is 29.7 Å². The molecule has 0 bridgehead atoms. The summed E-state index contributed by atoms with van der Waals surface area (Å²) in [7, 11) is 1.67. The number of fused-ring (bicyclic) bond motifs is 1. The SMILES string of the molecule is CCOc1cc2c(cc1CNC(=O)CN1C(=O)N(C)C3(CCCCC3)C1=O)OC(C)C2. The van der Waals surface area contributed by atoms with Crippen molar-refractivity contribution in [3.63, 3.8) is 0 Å². The first-order chi connectivity index (χ1) is 14.9. The van der Waals surface area contributed by atoms with Gasteiger partial charge in [-0.05, 0) is 38.8 Å². The number of imide groups is 1. The molecule has 1 saturated carbocycles. The van der Waals surface area contributed by atoms with Gasteiger partial charge in [-0.15, -0.1) is 0 Å². The van der Waals surface area contributed by atoms with Crippen LogP contribution < -0.4 is 14.8 Å². The van der Waals surface area contributed by atoms with E-state index < -0.39 is 11.6 Å². The van der Waals surface area contributed by atoms with E-state index in [-0.39, 0.29) is 31.0 Å². The van der Waals surface area contributed by atoms with Crippen molar-refractivity contribution < 1.29 is 23.9 Å². The summed E-state index contributed by atoms with van der Waals surface area (Å²) in [6.07, 6.45) is 5.19. The number of likely N-dealkylation sites (N-methyl/N-ethyl adjacent to an activating group) is 1. The second-order valence-electron chi connectivity index (χ2n) is 8.74. The minimum Gasteiger partial charge on any atom is -0.494 e. The molecule has 1 aromatic carbocycles. The molecule has 4 rings (SSSR count). The van der Waals surface area contributed by atoms with Crippen LogP contribution in [0.5, 0.6) is 11.5 Å². The molecule has 1 aliphatic carbocycles. The summed E-state index contributed by atoms with van der Waals surface area (Å²) in [6, 6.07) is 3.48. The summed E-state index contributed by atoms with van der Waals surface area (Å²) in [6.45, 7) is 4.41. The second kappa shape index (κ2) is 8.40. The Morgan fingerprint density at radius 3 is 2.71 bits per heavy atom. The Kier molecular flexibility index (Phi) is 5.81. The van der Waals surface area contributed by atoms with Gasteiger partial charge in [0.25, 0.3) is 5.91 Å². The monoisotopic (exact) mass is 429 g/mol. The van der Waals surface area contributed by atoms with Crippen molar-refractivity contribution in [1.82, 2.24) is 15.1 Å². The zero-order valence-corrected chi connectivity index (χ0v) is 18.5. The van der Waals surface area contributed by atoms with Gasteiger partial charge in [0.05, 0.1) is 6.61 Å². The first-order valence-corrected chi connectivity index (χ1v) is 11.2. The third-order valence-electron chi connectivity index (χ3n) is 6.64. The Balaban J connectivity index is 1.42. The van der Waals surface area contributed by atoms with Crippen molar-refractivity contribution in [3.8, 4) is 11.5 Å². The fourth-order valence-corrected chi connectivity index (χ4v) is 4.97. The standard InChI is InChI=1S/C23H31N3O5/c1-4-30-18-11-16-10-15(2)31-19(16)12-17(18)13-24-20(27)14-26-21(28)23(25(3)22(26)29)8-6-5-7-9-23/h11-12,15H,4-10,13-14H2,1-3H3,(H,24,27). The number of amides is 4. The summed E-state index contributed by atoms with van der Waals surface area (Å²) in [4.78, 5) is 41.0. The van der Waals surface area contributed by atoms with Gasteiger partial charge < -0.3 is 19.7 Å². The maximum Gasteiger partial charge on any atom is 0.327 e. The lowest BCUT2D eigenvalue weighted by Gasteiger charge is -2.35. The molecule has 168 valence electrons. The number of nitrogens with one attached hydrogen (secondary N) is 1. The molecule has 2 fully saturated rings. The van der Waals surface area contributed by atoms with Crippen LogP contribution >= 0.6 is 0 Å². The Hall–Kier alpha value is -2.77. The van der Waals surface area contributed by atoms with Crippen LogP contribution in [0.25, 0.3) is 0 Å². The van der Waals surface area contributed by atoms with Gasteiger partial charge in [0.15, 0.2) is 0 Å². The van der Waals surface area contributed by atoms with Gasteiger partial charge in [0.2, 0.25) is 5.91 Å². The summed E-state index contributed by atoms with van der Waals surface area (Å²) in [5.74, 6) is 0.907. The van der Waals surface area contributed by atoms with Gasteiger partial charge in [-0.3, -0.25) is 14.5 Å². The predicted octanol–water partition coefficient (Wildman–Crippen LogP) is 2.62. The lowest BCUT2D eigenvalue weighted by Crippen LogP contribution is -2.49. The average Bonchev–Trinajstić information content (AvgIpc) is 3.19. The van der Waals surface area contributed by atoms with E-state index in [4.69, 9.17) is 9.47 Å². The van der Waals surface area contributed by atoms with Crippen LogP contribution in [0, 0.1) is 0 Å². The molecule has 8 heteroatoms. The largest absolute Gasteiger partial charge is 0.494 e. The number of hydrogen-bond acceptors (Lipinski definition) is 5. The molecule has 8 nitrogen and oxygen atoms in total. The van der Waals surface area contributed by atoms with Crippen LogP contribution in [0.4, 0.5) is 4.79 Å². The Morgan fingerprint density at radius 1 is 1.26 bits per heavy atom. The number of carbonyl (C=O) groups excluding carboxylic acids is 3. The highest BCUT2D eigenvalue weighted by Gasteiger charge is 2.55. The van der Waals surface area contributed by atoms with Crippen molar-refractivity contribution in [2.45, 2.75) is 70.6 Å². The fraction of sp³-hybridized carbons (Fsp3) is 0.609. The molecular formula is C23H31N3O5. The highest BCUT2D eigenvalue weighted by atomic mass is 16.5. The number of ether oxygens (including phenoxy) is 2. The van der Waals surface area contributed by atoms with E-state index in [0.29, 0.717) is 25.2 Å². The molecular weight excluding hydrogens is 398 g/mol. The van der Waals surface area contributed by atoms with Crippen molar-refractivity contribution in [2.24, 2.45) is 0 Å². The van der Waals surface area contributed by atoms with Crippen LogP contribution in [-0.4, -0.2) is 59.5 Å². The molecule has 3 aliphatic rings. The molecule has 0 radical (unpaired) electrons. The maximum atomic E-state index is 13.1. The number of rotatable bonds is 6. The van der Waals surface area contributed by atoms with Crippen molar-refractivity contribution in [3.05, 3.63) is 23.3 Å². The minimum absolute atomic E-state index is 0.116. The van der Waals surface area contributed by atoms with E-state index in [1.165, 1.54) is 4.90 Å². The number of carbonyl (C=O) groups is 3. The van der Waals surface area contributed by atoms with Gasteiger partial charge in [-0.2, -0.15) is 0 Å². The van der Waals surface area contributed by atoms with Crippen LogP contribution in [0.3, 0.4) is 0 Å². The Morgan fingerprint density at radius 2 is 2.00 bits per heavy atom. The predicted molar refractivity (Wildman–Crippen MR) is 114 cm³/mol. The molecule has 1 spiro atoms. The molecule has 1 saturated heterocycles. The molecule has 1 N–H and O–H groups in total. The van der Waals surface area contributed by atoms with Crippen LogP contribution in [-0.2, 0) is 22.6 Å². The van der Waals surface area contributed by atoms with E-state index in [2.05, 4.69) is 5.32 Å². The van der Waals surface area contributed by atoms with Crippen molar-refractivity contribution in [1.29, 1.82) is 0 Å². The first kappa shape index (κ1) is 21.5. The molecule has 2 aliphatic heterocycles. The van der Waals surface area contributed by atoms with Crippen molar-refractivity contribution >= 4 is 17.8 Å².